The van der Waals surface area contributed by atoms with Gasteiger partial charge in [-0.3, -0.25) is 0 Å². The number of nitrogens with zero attached hydrogens (tertiary/aromatic N) is 1. The maximum absolute atomic E-state index is 9.43. The lowest BCUT2D eigenvalue weighted by Crippen LogP contribution is -2.47. The van der Waals surface area contributed by atoms with E-state index in [1.54, 1.807) is 0 Å². The van der Waals surface area contributed by atoms with Gasteiger partial charge in [-0.25, -0.2) is 0 Å². The molecule has 1 atom stereocenters. The molecule has 118 valence electrons. The maximum Gasteiger partial charge on any atom is 0.0471 e. The summed E-state index contributed by atoms with van der Waals surface area (Å²) in [5.41, 5.74) is 0.490. The third-order valence-electron chi connectivity index (χ3n) is 5.33. The third kappa shape index (κ3) is 4.71. The Labute approximate surface area is 125 Å². The zero-order valence-corrected chi connectivity index (χ0v) is 13.4. The molecule has 3 nitrogen and oxygen atoms in total. The summed E-state index contributed by atoms with van der Waals surface area (Å²) in [6.07, 6.45) is 10.9. The van der Waals surface area contributed by atoms with Crippen LogP contribution in [-0.2, 0) is 0 Å². The molecule has 1 saturated heterocycles. The molecule has 2 rings (SSSR count). The molecular formula is C17H34N2O. The van der Waals surface area contributed by atoms with Crippen LogP contribution in [0.5, 0.6) is 0 Å². The Morgan fingerprint density at radius 3 is 2.55 bits per heavy atom. The van der Waals surface area contributed by atoms with E-state index in [9.17, 15) is 5.11 Å². The van der Waals surface area contributed by atoms with Crippen molar-refractivity contribution < 1.29 is 5.11 Å². The van der Waals surface area contributed by atoms with Crippen molar-refractivity contribution in [1.82, 2.24) is 10.2 Å². The molecule has 0 aromatic heterocycles. The molecule has 1 heterocycles. The highest BCUT2D eigenvalue weighted by molar-refractivity contribution is 4.88. The van der Waals surface area contributed by atoms with Gasteiger partial charge in [0.15, 0.2) is 0 Å². The van der Waals surface area contributed by atoms with Gasteiger partial charge in [0, 0.05) is 26.2 Å². The Hall–Kier alpha value is -0.120. The van der Waals surface area contributed by atoms with E-state index in [1.165, 1.54) is 71.0 Å². The molecule has 0 bridgehead atoms. The van der Waals surface area contributed by atoms with Gasteiger partial charge in [0.05, 0.1) is 0 Å². The molecule has 0 radical (unpaired) electrons. The monoisotopic (exact) mass is 282 g/mol. The second kappa shape index (κ2) is 8.35. The first kappa shape index (κ1) is 16.3. The van der Waals surface area contributed by atoms with Crippen molar-refractivity contribution in [1.29, 1.82) is 0 Å². The van der Waals surface area contributed by atoms with Crippen LogP contribution in [0, 0.1) is 11.3 Å². The molecule has 20 heavy (non-hydrogen) atoms. The molecule has 1 unspecified atom stereocenters. The molecular weight excluding hydrogens is 248 g/mol. The van der Waals surface area contributed by atoms with Gasteiger partial charge in [0.25, 0.3) is 0 Å². The Kier molecular flexibility index (Phi) is 6.79. The SMILES string of the molecule is CCNCC1(CN2CCCC(CO)C2)CCCCCC1. The number of hydrogen-bond donors (Lipinski definition) is 2. The minimum atomic E-state index is 0.372. The van der Waals surface area contributed by atoms with Crippen molar-refractivity contribution >= 4 is 0 Å². The van der Waals surface area contributed by atoms with Gasteiger partial charge in [-0.05, 0) is 50.1 Å². The number of likely N-dealkylation sites (tertiary alicyclic amines) is 1. The first-order valence-electron chi connectivity index (χ1n) is 8.82. The molecule has 0 aromatic carbocycles. The minimum absolute atomic E-state index is 0.372. The van der Waals surface area contributed by atoms with Gasteiger partial charge in [-0.2, -0.15) is 0 Å². The smallest absolute Gasteiger partial charge is 0.0471 e. The van der Waals surface area contributed by atoms with Crippen molar-refractivity contribution in [2.75, 3.05) is 39.3 Å². The van der Waals surface area contributed by atoms with Crippen molar-refractivity contribution in [3.8, 4) is 0 Å². The standard InChI is InChI=1S/C17H34N2O/c1-2-18-14-17(9-5-3-4-6-10-17)15-19-11-7-8-16(12-19)13-20/h16,18,20H,2-15H2,1H3. The van der Waals surface area contributed by atoms with E-state index < -0.39 is 0 Å². The average molecular weight is 282 g/mol. The molecule has 1 aliphatic carbocycles. The van der Waals surface area contributed by atoms with E-state index in [4.69, 9.17) is 0 Å². The summed E-state index contributed by atoms with van der Waals surface area (Å²) in [4.78, 5) is 2.65. The number of piperidine rings is 1. The van der Waals surface area contributed by atoms with Crippen LogP contribution in [0.3, 0.4) is 0 Å². The lowest BCUT2D eigenvalue weighted by atomic mass is 9.79. The second-order valence-electron chi connectivity index (χ2n) is 7.12. The van der Waals surface area contributed by atoms with Gasteiger partial charge < -0.3 is 15.3 Å². The highest BCUT2D eigenvalue weighted by atomic mass is 16.3. The van der Waals surface area contributed by atoms with E-state index in [0.717, 1.165) is 13.1 Å². The van der Waals surface area contributed by atoms with Crippen molar-refractivity contribution in [2.24, 2.45) is 11.3 Å². The largest absolute Gasteiger partial charge is 0.396 e. The van der Waals surface area contributed by atoms with Gasteiger partial charge in [0.1, 0.15) is 0 Å². The van der Waals surface area contributed by atoms with Crippen LogP contribution in [0.25, 0.3) is 0 Å². The predicted molar refractivity (Wildman–Crippen MR) is 84.9 cm³/mol. The first-order valence-corrected chi connectivity index (χ1v) is 8.82. The summed E-state index contributed by atoms with van der Waals surface area (Å²) >= 11 is 0. The predicted octanol–water partition coefficient (Wildman–Crippen LogP) is 2.64. The van der Waals surface area contributed by atoms with Crippen LogP contribution in [0.4, 0.5) is 0 Å². The quantitative estimate of drug-likeness (QED) is 0.735. The molecule has 0 spiro atoms. The van der Waals surface area contributed by atoms with Gasteiger partial charge in [0.2, 0.25) is 0 Å². The zero-order valence-electron chi connectivity index (χ0n) is 13.4. The number of nitrogens with one attached hydrogen (secondary N) is 1. The van der Waals surface area contributed by atoms with E-state index in [0.29, 0.717) is 17.9 Å². The fourth-order valence-electron chi connectivity index (χ4n) is 4.18. The van der Waals surface area contributed by atoms with E-state index >= 15 is 0 Å². The Morgan fingerprint density at radius 1 is 1.15 bits per heavy atom. The maximum atomic E-state index is 9.43. The van der Waals surface area contributed by atoms with Crippen LogP contribution in [0.2, 0.25) is 0 Å². The molecule has 1 aliphatic heterocycles. The van der Waals surface area contributed by atoms with Crippen LogP contribution >= 0.6 is 0 Å². The normalized spacial score (nSPS) is 28.2. The molecule has 0 aromatic rings. The third-order valence-corrected chi connectivity index (χ3v) is 5.33. The highest BCUT2D eigenvalue weighted by Crippen LogP contribution is 2.36. The van der Waals surface area contributed by atoms with Crippen molar-refractivity contribution in [2.45, 2.75) is 58.3 Å². The number of rotatable bonds is 6. The lowest BCUT2D eigenvalue weighted by Gasteiger charge is -2.41. The van der Waals surface area contributed by atoms with E-state index in [2.05, 4.69) is 17.1 Å². The second-order valence-corrected chi connectivity index (χ2v) is 7.12. The average Bonchev–Trinajstić information content (AvgIpc) is 2.71. The lowest BCUT2D eigenvalue weighted by molar-refractivity contribution is 0.0693. The zero-order chi connectivity index (χ0) is 14.3. The summed E-state index contributed by atoms with van der Waals surface area (Å²) in [7, 11) is 0. The van der Waals surface area contributed by atoms with E-state index in [-0.39, 0.29) is 0 Å². The summed E-state index contributed by atoms with van der Waals surface area (Å²) in [5, 5.41) is 13.1. The Morgan fingerprint density at radius 2 is 1.90 bits per heavy atom. The van der Waals surface area contributed by atoms with Gasteiger partial charge >= 0.3 is 0 Å². The topological polar surface area (TPSA) is 35.5 Å². The Balaban J connectivity index is 1.94. The van der Waals surface area contributed by atoms with Crippen LogP contribution in [0.15, 0.2) is 0 Å². The summed E-state index contributed by atoms with van der Waals surface area (Å²) in [6, 6.07) is 0. The van der Waals surface area contributed by atoms with Crippen molar-refractivity contribution in [3.05, 3.63) is 0 Å². The van der Waals surface area contributed by atoms with Crippen molar-refractivity contribution in [3.63, 3.8) is 0 Å². The molecule has 2 fully saturated rings. The first-order chi connectivity index (χ1) is 9.78. The fraction of sp³-hybridized carbons (Fsp3) is 1.00. The number of aliphatic hydroxyl groups excluding tert-OH is 1. The summed E-state index contributed by atoms with van der Waals surface area (Å²) < 4.78 is 0. The number of hydrogen-bond acceptors (Lipinski definition) is 3. The summed E-state index contributed by atoms with van der Waals surface area (Å²) in [5.74, 6) is 0.519. The summed E-state index contributed by atoms with van der Waals surface area (Å²) in [6.45, 7) is 8.46. The van der Waals surface area contributed by atoms with Crippen LogP contribution < -0.4 is 5.32 Å². The molecule has 3 heteroatoms. The van der Waals surface area contributed by atoms with Gasteiger partial charge in [-0.15, -0.1) is 0 Å². The van der Waals surface area contributed by atoms with Crippen LogP contribution in [0.1, 0.15) is 58.3 Å². The molecule has 2 aliphatic rings. The fourth-order valence-corrected chi connectivity index (χ4v) is 4.18. The molecule has 1 saturated carbocycles. The molecule has 2 N–H and O–H groups in total. The molecule has 0 amide bonds. The Bertz CT molecular complexity index is 262. The van der Waals surface area contributed by atoms with Gasteiger partial charge in [-0.1, -0.05) is 32.6 Å². The van der Waals surface area contributed by atoms with E-state index in [1.807, 2.05) is 0 Å². The minimum Gasteiger partial charge on any atom is -0.396 e. The van der Waals surface area contributed by atoms with Crippen LogP contribution in [-0.4, -0.2) is 49.3 Å². The number of aliphatic hydroxyl groups is 1. The highest BCUT2D eigenvalue weighted by Gasteiger charge is 2.33.